The van der Waals surface area contributed by atoms with Crippen molar-refractivity contribution in [1.29, 1.82) is 0 Å². The topological polar surface area (TPSA) is 46.2 Å². The predicted molar refractivity (Wildman–Crippen MR) is 111 cm³/mol. The molecule has 1 unspecified atom stereocenters. The minimum atomic E-state index is -3.94. The molecule has 2 aliphatic rings. The Labute approximate surface area is 186 Å². The largest absolute Gasteiger partial charge is 0.380 e. The average Bonchev–Trinajstić information content (AvgIpc) is 2.67. The highest BCUT2D eigenvalue weighted by molar-refractivity contribution is 7.99. The summed E-state index contributed by atoms with van der Waals surface area (Å²) in [4.78, 5) is 0. The molecule has 31 heavy (non-hydrogen) atoms. The van der Waals surface area contributed by atoms with Gasteiger partial charge in [-0.05, 0) is 25.0 Å². The van der Waals surface area contributed by atoms with Crippen molar-refractivity contribution < 1.29 is 41.2 Å². The van der Waals surface area contributed by atoms with E-state index in [2.05, 4.69) is 13.8 Å². The van der Waals surface area contributed by atoms with Crippen LogP contribution in [0.5, 0.6) is 0 Å². The standard InChI is InChI=1S/C21H36F4O5S/c1-3-19(11-28-12-19)10-27-9-17(30-15-20(4-2)13-29-14-20)8-26-6-5-7-31-16-21(24,25)18(22)23/h17-18H,3-16H2,1-2H3. The number of hydrogen-bond donors (Lipinski definition) is 0. The third kappa shape index (κ3) is 8.62. The summed E-state index contributed by atoms with van der Waals surface area (Å²) >= 11 is 0.811. The molecule has 0 aromatic carbocycles. The first kappa shape index (κ1) is 27.1. The van der Waals surface area contributed by atoms with E-state index in [-0.39, 0.29) is 16.9 Å². The van der Waals surface area contributed by atoms with Gasteiger partial charge in [0.15, 0.2) is 0 Å². The smallest absolute Gasteiger partial charge is 0.316 e. The number of thioether (sulfide) groups is 1. The summed E-state index contributed by atoms with van der Waals surface area (Å²) in [5.41, 5.74) is 0.145. The normalized spacial score (nSPS) is 21.0. The summed E-state index contributed by atoms with van der Waals surface area (Å²) < 4.78 is 78.4. The van der Waals surface area contributed by atoms with Gasteiger partial charge in [0.25, 0.3) is 0 Å². The average molecular weight is 477 g/mol. The molecule has 2 fully saturated rings. The van der Waals surface area contributed by atoms with Gasteiger partial charge in [0.05, 0.1) is 58.6 Å². The van der Waals surface area contributed by atoms with E-state index in [1.807, 2.05) is 0 Å². The molecule has 5 nitrogen and oxygen atoms in total. The molecule has 0 aromatic rings. The van der Waals surface area contributed by atoms with Gasteiger partial charge in [-0.1, -0.05) is 13.8 Å². The van der Waals surface area contributed by atoms with Crippen LogP contribution in [0.2, 0.25) is 0 Å². The Morgan fingerprint density at radius 2 is 1.52 bits per heavy atom. The van der Waals surface area contributed by atoms with Gasteiger partial charge in [-0.15, -0.1) is 0 Å². The third-order valence-corrected chi connectivity index (χ3v) is 7.13. The summed E-state index contributed by atoms with van der Waals surface area (Å²) in [7, 11) is 0. The minimum Gasteiger partial charge on any atom is -0.380 e. The van der Waals surface area contributed by atoms with Crippen LogP contribution in [0.3, 0.4) is 0 Å². The van der Waals surface area contributed by atoms with Crippen molar-refractivity contribution >= 4 is 11.8 Å². The summed E-state index contributed by atoms with van der Waals surface area (Å²) in [6.45, 7) is 9.30. The molecule has 2 saturated heterocycles. The zero-order valence-corrected chi connectivity index (χ0v) is 19.3. The Balaban J connectivity index is 1.65. The summed E-state index contributed by atoms with van der Waals surface area (Å²) in [6, 6.07) is 0. The summed E-state index contributed by atoms with van der Waals surface area (Å²) in [5, 5.41) is 0. The van der Waals surface area contributed by atoms with Gasteiger partial charge in [-0.2, -0.15) is 20.5 Å². The van der Waals surface area contributed by atoms with Crippen LogP contribution in [0.15, 0.2) is 0 Å². The maximum atomic E-state index is 12.9. The number of ether oxygens (including phenoxy) is 5. The van der Waals surface area contributed by atoms with Crippen LogP contribution in [-0.4, -0.2) is 89.4 Å². The quantitative estimate of drug-likeness (QED) is 0.217. The second-order valence-electron chi connectivity index (χ2n) is 8.68. The molecule has 0 N–H and O–H groups in total. The molecule has 0 aliphatic carbocycles. The van der Waals surface area contributed by atoms with Crippen LogP contribution in [-0.2, 0) is 23.7 Å². The molecule has 0 aromatic heterocycles. The molecule has 2 rings (SSSR count). The number of rotatable bonds is 18. The first-order chi connectivity index (χ1) is 14.8. The molecule has 10 heteroatoms. The van der Waals surface area contributed by atoms with Crippen molar-refractivity contribution in [2.45, 2.75) is 51.6 Å². The first-order valence-electron chi connectivity index (χ1n) is 10.9. The SMILES string of the molecule is CCC1(COCC(COCCCSCC(F)(F)C(F)F)OCC2(CC)COC2)COC1. The molecule has 184 valence electrons. The lowest BCUT2D eigenvalue weighted by Crippen LogP contribution is -2.48. The Morgan fingerprint density at radius 3 is 2.03 bits per heavy atom. The maximum Gasteiger partial charge on any atom is 0.316 e. The highest BCUT2D eigenvalue weighted by atomic mass is 32.2. The molecular weight excluding hydrogens is 440 g/mol. The van der Waals surface area contributed by atoms with Crippen molar-refractivity contribution in [3.05, 3.63) is 0 Å². The monoisotopic (exact) mass is 476 g/mol. The van der Waals surface area contributed by atoms with Crippen LogP contribution in [0, 0.1) is 10.8 Å². The van der Waals surface area contributed by atoms with Gasteiger partial charge in [-0.3, -0.25) is 0 Å². The second-order valence-corrected chi connectivity index (χ2v) is 9.79. The fourth-order valence-corrected chi connectivity index (χ4v) is 4.02. The van der Waals surface area contributed by atoms with Crippen molar-refractivity contribution in [2.24, 2.45) is 10.8 Å². The lowest BCUT2D eigenvalue weighted by molar-refractivity contribution is -0.184. The van der Waals surface area contributed by atoms with E-state index in [1.165, 1.54) is 0 Å². The van der Waals surface area contributed by atoms with Crippen LogP contribution in [0.1, 0.15) is 33.1 Å². The lowest BCUT2D eigenvalue weighted by Gasteiger charge is -2.42. The molecule has 1 atom stereocenters. The first-order valence-corrected chi connectivity index (χ1v) is 12.1. The Bertz CT molecular complexity index is 493. The molecule has 0 saturated carbocycles. The van der Waals surface area contributed by atoms with Gasteiger partial charge in [0.1, 0.15) is 6.10 Å². The van der Waals surface area contributed by atoms with Gasteiger partial charge < -0.3 is 23.7 Å². The van der Waals surface area contributed by atoms with E-state index >= 15 is 0 Å². The van der Waals surface area contributed by atoms with E-state index in [0.717, 1.165) is 24.6 Å². The van der Waals surface area contributed by atoms with Gasteiger partial charge in [-0.25, -0.2) is 8.78 Å². The van der Waals surface area contributed by atoms with Crippen molar-refractivity contribution in [2.75, 3.05) is 71.0 Å². The van der Waals surface area contributed by atoms with Gasteiger partial charge >= 0.3 is 12.3 Å². The molecular formula is C21H36F4O5S. The number of halogens is 4. The predicted octanol–water partition coefficient (Wildman–Crippen LogP) is 4.28. The number of hydrogen-bond acceptors (Lipinski definition) is 6. The van der Waals surface area contributed by atoms with E-state index in [4.69, 9.17) is 23.7 Å². The Hall–Kier alpha value is -0.130. The van der Waals surface area contributed by atoms with E-state index in [1.54, 1.807) is 0 Å². The number of alkyl halides is 4. The molecule has 0 bridgehead atoms. The maximum absolute atomic E-state index is 12.9. The Morgan fingerprint density at radius 1 is 0.935 bits per heavy atom. The van der Waals surface area contributed by atoms with E-state index < -0.39 is 18.1 Å². The Kier molecular flexibility index (Phi) is 11.3. The molecule has 0 amide bonds. The fraction of sp³-hybridized carbons (Fsp3) is 1.00. The molecule has 0 radical (unpaired) electrons. The van der Waals surface area contributed by atoms with Crippen molar-refractivity contribution in [1.82, 2.24) is 0 Å². The molecule has 2 heterocycles. The zero-order chi connectivity index (χ0) is 22.8. The van der Waals surface area contributed by atoms with Gasteiger partial charge in [0, 0.05) is 17.4 Å². The van der Waals surface area contributed by atoms with Crippen LogP contribution in [0.4, 0.5) is 17.6 Å². The lowest BCUT2D eigenvalue weighted by atomic mass is 9.84. The molecule has 2 aliphatic heterocycles. The van der Waals surface area contributed by atoms with Crippen molar-refractivity contribution in [3.8, 4) is 0 Å². The van der Waals surface area contributed by atoms with Crippen molar-refractivity contribution in [3.63, 3.8) is 0 Å². The minimum absolute atomic E-state index is 0.0529. The highest BCUT2D eigenvalue weighted by Gasteiger charge is 2.40. The third-order valence-electron chi connectivity index (χ3n) is 5.97. The highest BCUT2D eigenvalue weighted by Crippen LogP contribution is 2.33. The fourth-order valence-electron chi connectivity index (χ4n) is 3.16. The summed E-state index contributed by atoms with van der Waals surface area (Å²) in [6.07, 6.45) is -1.40. The van der Waals surface area contributed by atoms with Crippen LogP contribution in [0.25, 0.3) is 0 Å². The summed E-state index contributed by atoms with van der Waals surface area (Å²) in [5.74, 6) is -4.49. The van der Waals surface area contributed by atoms with E-state index in [0.29, 0.717) is 71.6 Å². The zero-order valence-electron chi connectivity index (χ0n) is 18.5. The van der Waals surface area contributed by atoms with E-state index in [9.17, 15) is 17.6 Å². The second kappa shape index (κ2) is 12.9. The van der Waals surface area contributed by atoms with Gasteiger partial charge in [0.2, 0.25) is 0 Å². The van der Waals surface area contributed by atoms with Crippen LogP contribution >= 0.6 is 11.8 Å². The van der Waals surface area contributed by atoms with Crippen LogP contribution < -0.4 is 0 Å². The molecule has 0 spiro atoms.